The van der Waals surface area contributed by atoms with Crippen molar-refractivity contribution in [2.45, 2.75) is 13.0 Å². The number of nitrogens with one attached hydrogen (secondary N) is 1. The molecule has 1 N–H and O–H groups in total. The molecule has 6 nitrogen and oxygen atoms in total. The molecule has 0 saturated heterocycles. The van der Waals surface area contributed by atoms with Crippen molar-refractivity contribution in [2.24, 2.45) is 0 Å². The Morgan fingerprint density at radius 3 is 2.83 bits per heavy atom. The van der Waals surface area contributed by atoms with Crippen LogP contribution in [0.3, 0.4) is 0 Å². The molecular weight excluding hydrogens is 299 g/mol. The number of carbonyl (C=O) groups excluding carboxylic acids is 2. The number of Topliss-reactive ketones (excluding diaryl/α,β-unsaturated/α-hetero) is 2. The van der Waals surface area contributed by atoms with Crippen molar-refractivity contribution in [1.29, 1.82) is 0 Å². The Hall–Kier alpha value is -3.09. The maximum atomic E-state index is 13.2. The summed E-state index contributed by atoms with van der Waals surface area (Å²) in [5.74, 6) is -1.78. The van der Waals surface area contributed by atoms with E-state index < -0.39 is 11.6 Å². The van der Waals surface area contributed by atoms with Crippen molar-refractivity contribution in [3.63, 3.8) is 0 Å². The second-order valence-electron chi connectivity index (χ2n) is 5.01. The summed E-state index contributed by atoms with van der Waals surface area (Å²) in [6, 6.07) is 9.77. The van der Waals surface area contributed by atoms with Crippen molar-refractivity contribution in [1.82, 2.24) is 19.7 Å². The van der Waals surface area contributed by atoms with Gasteiger partial charge in [0.25, 0.3) is 5.78 Å². The Balaban J connectivity index is 1.73. The molecule has 0 aliphatic heterocycles. The molecule has 7 heteroatoms. The van der Waals surface area contributed by atoms with E-state index in [1.54, 1.807) is 35.0 Å². The first-order valence-corrected chi connectivity index (χ1v) is 6.95. The van der Waals surface area contributed by atoms with Crippen LogP contribution in [0.2, 0.25) is 0 Å². The van der Waals surface area contributed by atoms with Crippen LogP contribution >= 0.6 is 0 Å². The molecule has 0 fully saturated rings. The predicted octanol–water partition coefficient (Wildman–Crippen LogP) is 1.79. The van der Waals surface area contributed by atoms with Gasteiger partial charge in [0.15, 0.2) is 0 Å². The van der Waals surface area contributed by atoms with Crippen molar-refractivity contribution in [2.75, 3.05) is 0 Å². The summed E-state index contributed by atoms with van der Waals surface area (Å²) in [6.45, 7) is 0.419. The average molecular weight is 312 g/mol. The molecular formula is C16H13FN4O2. The van der Waals surface area contributed by atoms with Gasteiger partial charge in [0, 0.05) is 18.4 Å². The summed E-state index contributed by atoms with van der Waals surface area (Å²) in [5, 5.41) is 6.01. The standard InChI is InChI=1S/C16H13FN4O2/c17-12-4-1-3-11(7-12)9-21-6-2-5-13(21)8-14(22)15(23)16-18-10-19-20-16/h1-7,10H,8-9H2,(H,18,19,20). The Morgan fingerprint density at radius 1 is 1.22 bits per heavy atom. The molecule has 0 atom stereocenters. The molecule has 0 radical (unpaired) electrons. The fourth-order valence-electron chi connectivity index (χ4n) is 2.28. The van der Waals surface area contributed by atoms with Gasteiger partial charge in [-0.1, -0.05) is 12.1 Å². The lowest BCUT2D eigenvalue weighted by atomic mass is 10.1. The monoisotopic (exact) mass is 312 g/mol. The highest BCUT2D eigenvalue weighted by atomic mass is 19.1. The molecule has 0 aliphatic rings. The normalized spacial score (nSPS) is 10.7. The maximum Gasteiger partial charge on any atom is 0.267 e. The van der Waals surface area contributed by atoms with Crippen molar-refractivity contribution >= 4 is 11.6 Å². The molecule has 1 aromatic carbocycles. The van der Waals surface area contributed by atoms with Crippen LogP contribution in [-0.2, 0) is 17.8 Å². The first-order valence-electron chi connectivity index (χ1n) is 6.95. The number of aromatic amines is 1. The number of benzene rings is 1. The Labute approximate surface area is 131 Å². The zero-order valence-corrected chi connectivity index (χ0v) is 12.1. The number of nitrogens with zero attached hydrogens (tertiary/aromatic N) is 3. The zero-order chi connectivity index (χ0) is 16.2. The van der Waals surface area contributed by atoms with E-state index in [4.69, 9.17) is 0 Å². The van der Waals surface area contributed by atoms with Crippen LogP contribution in [0.25, 0.3) is 0 Å². The van der Waals surface area contributed by atoms with Crippen molar-refractivity contribution in [3.05, 3.63) is 71.8 Å². The van der Waals surface area contributed by atoms with Gasteiger partial charge >= 0.3 is 0 Å². The van der Waals surface area contributed by atoms with Crippen LogP contribution in [0, 0.1) is 5.82 Å². The van der Waals surface area contributed by atoms with Gasteiger partial charge in [-0.05, 0) is 29.8 Å². The number of hydrogen-bond acceptors (Lipinski definition) is 4. The van der Waals surface area contributed by atoms with Crippen LogP contribution in [0.15, 0.2) is 48.9 Å². The highest BCUT2D eigenvalue weighted by Crippen LogP contribution is 2.11. The Kier molecular flexibility index (Phi) is 4.09. The van der Waals surface area contributed by atoms with Gasteiger partial charge in [-0.15, -0.1) is 5.10 Å². The third-order valence-corrected chi connectivity index (χ3v) is 3.38. The fraction of sp³-hybridized carbons (Fsp3) is 0.125. The number of rotatable bonds is 6. The van der Waals surface area contributed by atoms with E-state index in [0.29, 0.717) is 12.2 Å². The number of aromatic nitrogens is 4. The number of carbonyl (C=O) groups is 2. The van der Waals surface area contributed by atoms with Gasteiger partial charge in [0.1, 0.15) is 12.1 Å². The predicted molar refractivity (Wildman–Crippen MR) is 79.4 cm³/mol. The summed E-state index contributed by atoms with van der Waals surface area (Å²) in [4.78, 5) is 27.6. The minimum absolute atomic E-state index is 0.0598. The maximum absolute atomic E-state index is 13.2. The smallest absolute Gasteiger partial charge is 0.267 e. The van der Waals surface area contributed by atoms with Gasteiger partial charge in [-0.25, -0.2) is 9.37 Å². The summed E-state index contributed by atoms with van der Waals surface area (Å²) in [5.41, 5.74) is 1.44. The molecule has 23 heavy (non-hydrogen) atoms. The van der Waals surface area contributed by atoms with E-state index in [1.807, 2.05) is 0 Å². The summed E-state index contributed by atoms with van der Waals surface area (Å²) < 4.78 is 15.0. The minimum Gasteiger partial charge on any atom is -0.347 e. The lowest BCUT2D eigenvalue weighted by Crippen LogP contribution is -2.20. The van der Waals surface area contributed by atoms with Crippen LogP contribution < -0.4 is 0 Å². The summed E-state index contributed by atoms with van der Waals surface area (Å²) in [7, 11) is 0. The van der Waals surface area contributed by atoms with Gasteiger partial charge < -0.3 is 4.57 Å². The highest BCUT2D eigenvalue weighted by molar-refractivity contribution is 6.43. The van der Waals surface area contributed by atoms with E-state index in [9.17, 15) is 14.0 Å². The number of halogens is 1. The lowest BCUT2D eigenvalue weighted by Gasteiger charge is -2.08. The quantitative estimate of drug-likeness (QED) is 0.556. The van der Waals surface area contributed by atoms with Crippen LogP contribution in [0.4, 0.5) is 4.39 Å². The van der Waals surface area contributed by atoms with E-state index >= 15 is 0 Å². The van der Waals surface area contributed by atoms with Gasteiger partial charge in [0.2, 0.25) is 11.6 Å². The Morgan fingerprint density at radius 2 is 2.09 bits per heavy atom. The number of H-pyrrole nitrogens is 1. The lowest BCUT2D eigenvalue weighted by molar-refractivity contribution is -0.114. The van der Waals surface area contributed by atoms with E-state index in [-0.39, 0.29) is 18.1 Å². The largest absolute Gasteiger partial charge is 0.347 e. The topological polar surface area (TPSA) is 80.6 Å². The molecule has 2 heterocycles. The second kappa shape index (κ2) is 6.35. The van der Waals surface area contributed by atoms with Crippen LogP contribution in [0.5, 0.6) is 0 Å². The molecule has 3 aromatic rings. The zero-order valence-electron chi connectivity index (χ0n) is 12.1. The molecule has 2 aromatic heterocycles. The highest BCUT2D eigenvalue weighted by Gasteiger charge is 2.21. The van der Waals surface area contributed by atoms with Gasteiger partial charge in [0.05, 0.1) is 6.42 Å². The third kappa shape index (κ3) is 3.39. The van der Waals surface area contributed by atoms with E-state index in [2.05, 4.69) is 15.2 Å². The molecule has 116 valence electrons. The molecule has 3 rings (SSSR count). The molecule has 0 aliphatic carbocycles. The SMILES string of the molecule is O=C(Cc1cccn1Cc1cccc(F)c1)C(=O)c1nc[nH]n1. The van der Waals surface area contributed by atoms with Gasteiger partial charge in [-0.3, -0.25) is 14.7 Å². The van der Waals surface area contributed by atoms with Crippen LogP contribution in [0.1, 0.15) is 21.9 Å². The van der Waals surface area contributed by atoms with E-state index in [0.717, 1.165) is 5.56 Å². The molecule has 0 unspecified atom stereocenters. The third-order valence-electron chi connectivity index (χ3n) is 3.38. The van der Waals surface area contributed by atoms with Crippen molar-refractivity contribution in [3.8, 4) is 0 Å². The van der Waals surface area contributed by atoms with Crippen molar-refractivity contribution < 1.29 is 14.0 Å². The minimum atomic E-state index is -0.732. The molecule has 0 amide bonds. The molecule has 0 saturated carbocycles. The average Bonchev–Trinajstić information content (AvgIpc) is 3.19. The van der Waals surface area contributed by atoms with Crippen LogP contribution in [-0.4, -0.2) is 31.3 Å². The second-order valence-corrected chi connectivity index (χ2v) is 5.01. The summed E-state index contributed by atoms with van der Waals surface area (Å²) in [6.07, 6.45) is 2.97. The number of hydrogen-bond donors (Lipinski definition) is 1. The first kappa shape index (κ1) is 14.8. The molecule has 0 bridgehead atoms. The Bertz CT molecular complexity index is 839. The number of ketones is 2. The first-order chi connectivity index (χ1) is 11.1. The summed E-state index contributed by atoms with van der Waals surface area (Å²) >= 11 is 0. The fourth-order valence-corrected chi connectivity index (χ4v) is 2.28. The molecule has 0 spiro atoms. The van der Waals surface area contributed by atoms with E-state index in [1.165, 1.54) is 18.5 Å². The van der Waals surface area contributed by atoms with Gasteiger partial charge in [-0.2, -0.15) is 0 Å².